The van der Waals surface area contributed by atoms with Gasteiger partial charge in [0.15, 0.2) is 17.6 Å². The van der Waals surface area contributed by atoms with Gasteiger partial charge in [-0.15, -0.1) is 0 Å². The highest BCUT2D eigenvalue weighted by molar-refractivity contribution is 5.78. The zero-order chi connectivity index (χ0) is 35.1. The molecule has 0 fully saturated rings. The van der Waals surface area contributed by atoms with E-state index in [1.54, 1.807) is 6.92 Å². The van der Waals surface area contributed by atoms with Crippen LogP contribution in [0.4, 0.5) is 11.4 Å². The van der Waals surface area contributed by atoms with Crippen LogP contribution in [0.15, 0.2) is 133 Å². The summed E-state index contributed by atoms with van der Waals surface area (Å²) in [5.74, 6) is 1.07. The third kappa shape index (κ3) is 10.2. The Kier molecular flexibility index (Phi) is 13.0. The summed E-state index contributed by atoms with van der Waals surface area (Å²) in [4.78, 5) is 25.2. The van der Waals surface area contributed by atoms with Crippen LogP contribution < -0.4 is 20.1 Å². The molecule has 0 radical (unpaired) electrons. The molecule has 5 aromatic rings. The number of carboxylic acids is 1. The van der Waals surface area contributed by atoms with Gasteiger partial charge in [-0.1, -0.05) is 97.1 Å². The minimum Gasteiger partial charge on any atom is -0.492 e. The lowest BCUT2D eigenvalue weighted by Crippen LogP contribution is -2.34. The lowest BCUT2D eigenvalue weighted by Gasteiger charge is -2.32. The van der Waals surface area contributed by atoms with Crippen LogP contribution in [-0.4, -0.2) is 48.9 Å². The number of nitrogens with two attached hydrogens (primary N) is 1. The topological polar surface area (TPSA) is 121 Å². The van der Waals surface area contributed by atoms with Crippen molar-refractivity contribution in [1.82, 2.24) is 0 Å². The molecule has 0 spiro atoms. The highest BCUT2D eigenvalue weighted by Crippen LogP contribution is 2.45. The second-order valence-electron chi connectivity index (χ2n) is 11.6. The Morgan fingerprint density at radius 2 is 1.26 bits per heavy atom. The van der Waals surface area contributed by atoms with E-state index >= 15 is 0 Å². The molecule has 0 aliphatic carbocycles. The number of rotatable bonds is 14. The van der Waals surface area contributed by atoms with E-state index < -0.39 is 18.1 Å². The van der Waals surface area contributed by atoms with Gasteiger partial charge in [0.25, 0.3) is 0 Å². The highest BCUT2D eigenvalue weighted by atomic mass is 16.5. The minimum atomic E-state index is -0.951. The molecule has 6 rings (SSSR count). The number of esters is 1. The molecule has 1 aliphatic rings. The smallest absolute Gasteiger partial charge is 0.333 e. The molecule has 0 aromatic heterocycles. The predicted octanol–water partition coefficient (Wildman–Crippen LogP) is 7.34. The number of carbonyl (C=O) groups is 2. The number of fused-ring (bicyclic) bond motifs is 2. The number of carbonyl (C=O) groups excluding carboxylic acids is 1. The van der Waals surface area contributed by atoms with Crippen LogP contribution in [0.5, 0.6) is 17.2 Å². The van der Waals surface area contributed by atoms with Gasteiger partial charge in [0.2, 0.25) is 0 Å². The lowest BCUT2D eigenvalue weighted by molar-refractivity contribution is -0.150. The van der Waals surface area contributed by atoms with Gasteiger partial charge in [-0.05, 0) is 66.4 Å². The third-order valence-electron chi connectivity index (χ3n) is 7.93. The number of hydrogen-bond donors (Lipinski definition) is 2. The largest absolute Gasteiger partial charge is 0.492 e. The molecule has 5 aromatic carbocycles. The van der Waals surface area contributed by atoms with E-state index in [9.17, 15) is 14.7 Å². The SMILES string of the molecule is CCOC(Cc1ccc(OCCN2c3ccccc3Oc3ccccc32)cc1)C(=O)O.NC(Cc1ccccc1)C(=O)OCc1ccccc1. The first-order valence-corrected chi connectivity index (χ1v) is 16.6. The van der Waals surface area contributed by atoms with Crippen molar-refractivity contribution >= 4 is 23.3 Å². The summed E-state index contributed by atoms with van der Waals surface area (Å²) in [5.41, 5.74) is 10.7. The summed E-state index contributed by atoms with van der Waals surface area (Å²) in [7, 11) is 0. The number of nitrogens with zero attached hydrogens (tertiary/aromatic N) is 1. The van der Waals surface area contributed by atoms with E-state index in [0.29, 0.717) is 32.6 Å². The molecule has 3 N–H and O–H groups in total. The van der Waals surface area contributed by atoms with Gasteiger partial charge in [-0.2, -0.15) is 0 Å². The highest BCUT2D eigenvalue weighted by Gasteiger charge is 2.23. The Balaban J connectivity index is 0.000000219. The van der Waals surface area contributed by atoms with E-state index in [1.165, 1.54) is 0 Å². The van der Waals surface area contributed by atoms with Gasteiger partial charge in [0, 0.05) is 13.0 Å². The molecule has 2 unspecified atom stereocenters. The minimum absolute atomic E-state index is 0.266. The molecule has 0 saturated carbocycles. The first-order chi connectivity index (χ1) is 24.4. The quantitative estimate of drug-likeness (QED) is 0.117. The molecule has 9 nitrogen and oxygen atoms in total. The summed E-state index contributed by atoms with van der Waals surface area (Å²) in [6.45, 7) is 3.57. The molecule has 0 saturated heterocycles. The van der Waals surface area contributed by atoms with Crippen LogP contribution in [0.1, 0.15) is 23.6 Å². The summed E-state index contributed by atoms with van der Waals surface area (Å²) < 4.78 is 22.5. The maximum absolute atomic E-state index is 11.8. The second kappa shape index (κ2) is 18.2. The van der Waals surface area contributed by atoms with Gasteiger partial charge in [-0.3, -0.25) is 4.79 Å². The second-order valence-corrected chi connectivity index (χ2v) is 11.6. The first kappa shape index (κ1) is 35.7. The molecular formula is C41H42N2O7. The fourth-order valence-electron chi connectivity index (χ4n) is 5.42. The van der Waals surface area contributed by atoms with Gasteiger partial charge in [-0.25, -0.2) is 4.79 Å². The zero-order valence-corrected chi connectivity index (χ0v) is 28.0. The van der Waals surface area contributed by atoms with Crippen LogP contribution >= 0.6 is 0 Å². The summed E-state index contributed by atoms with van der Waals surface area (Å²) in [6.07, 6.45) is -0.0163. The number of para-hydroxylation sites is 4. The number of hydrogen-bond acceptors (Lipinski definition) is 8. The third-order valence-corrected chi connectivity index (χ3v) is 7.93. The molecule has 2 atom stereocenters. The Bertz CT molecular complexity index is 1750. The fourth-order valence-corrected chi connectivity index (χ4v) is 5.42. The van der Waals surface area contributed by atoms with E-state index in [2.05, 4.69) is 4.90 Å². The van der Waals surface area contributed by atoms with Crippen LogP contribution in [0, 0.1) is 0 Å². The van der Waals surface area contributed by atoms with Gasteiger partial charge < -0.3 is 34.7 Å². The maximum Gasteiger partial charge on any atom is 0.333 e. The van der Waals surface area contributed by atoms with E-state index in [1.807, 2.05) is 133 Å². The Morgan fingerprint density at radius 3 is 1.84 bits per heavy atom. The van der Waals surface area contributed by atoms with E-state index in [-0.39, 0.29) is 12.6 Å². The van der Waals surface area contributed by atoms with Crippen molar-refractivity contribution < 1.29 is 33.6 Å². The number of anilines is 2. The molecular weight excluding hydrogens is 632 g/mol. The average Bonchev–Trinajstić information content (AvgIpc) is 3.15. The molecule has 50 heavy (non-hydrogen) atoms. The van der Waals surface area contributed by atoms with Crippen molar-refractivity contribution in [2.75, 3.05) is 24.7 Å². The Morgan fingerprint density at radius 1 is 0.720 bits per heavy atom. The van der Waals surface area contributed by atoms with Crippen molar-refractivity contribution in [3.8, 4) is 17.2 Å². The Hall–Kier alpha value is -5.64. The van der Waals surface area contributed by atoms with Crippen LogP contribution in [0.25, 0.3) is 0 Å². The van der Waals surface area contributed by atoms with Gasteiger partial charge >= 0.3 is 11.9 Å². The summed E-state index contributed by atoms with van der Waals surface area (Å²) in [5, 5.41) is 9.24. The van der Waals surface area contributed by atoms with Crippen LogP contribution in [-0.2, 0) is 38.5 Å². The molecule has 1 heterocycles. The molecule has 258 valence electrons. The van der Waals surface area contributed by atoms with Gasteiger partial charge in [0.1, 0.15) is 25.0 Å². The van der Waals surface area contributed by atoms with Crippen molar-refractivity contribution in [2.45, 2.75) is 38.5 Å². The van der Waals surface area contributed by atoms with Crippen molar-refractivity contribution in [3.05, 3.63) is 150 Å². The van der Waals surface area contributed by atoms with Crippen LogP contribution in [0.2, 0.25) is 0 Å². The summed E-state index contributed by atoms with van der Waals surface area (Å²) >= 11 is 0. The summed E-state index contributed by atoms with van der Waals surface area (Å²) in [6, 6.07) is 42.0. The molecule has 0 bridgehead atoms. The number of ether oxygens (including phenoxy) is 4. The standard InChI is InChI=1S/C25H25NO5.C16H17NO2/c1-2-29-24(25(27)28)17-18-11-13-19(14-12-18)30-16-15-26-20-7-3-5-9-22(20)31-23-10-6-4-8-21(23)26;17-15(11-13-7-3-1-4-8-13)16(18)19-12-14-9-5-2-6-10-14/h3-14,24H,2,15-17H2,1H3,(H,27,28);1-10,15H,11-12,17H2. The molecule has 1 aliphatic heterocycles. The molecule has 9 heteroatoms. The van der Waals surface area contributed by atoms with E-state index in [4.69, 9.17) is 24.7 Å². The predicted molar refractivity (Wildman–Crippen MR) is 193 cm³/mol. The first-order valence-electron chi connectivity index (χ1n) is 16.6. The number of aliphatic carboxylic acids is 1. The van der Waals surface area contributed by atoms with Crippen molar-refractivity contribution in [2.24, 2.45) is 5.73 Å². The monoisotopic (exact) mass is 674 g/mol. The molecule has 0 amide bonds. The Labute approximate surface area is 292 Å². The van der Waals surface area contributed by atoms with Crippen molar-refractivity contribution in [1.29, 1.82) is 0 Å². The average molecular weight is 675 g/mol. The van der Waals surface area contributed by atoms with Gasteiger partial charge in [0.05, 0.1) is 17.9 Å². The number of carboxylic acid groups (broad SMARTS) is 1. The van der Waals surface area contributed by atoms with Crippen molar-refractivity contribution in [3.63, 3.8) is 0 Å². The lowest BCUT2D eigenvalue weighted by atomic mass is 10.1. The fraction of sp³-hybridized carbons (Fsp3) is 0.220. The normalized spacial score (nSPS) is 12.6. The number of benzene rings is 5. The van der Waals surface area contributed by atoms with Crippen LogP contribution in [0.3, 0.4) is 0 Å². The van der Waals surface area contributed by atoms with E-state index in [0.717, 1.165) is 45.3 Å². The zero-order valence-electron chi connectivity index (χ0n) is 28.0. The maximum atomic E-state index is 11.8.